The predicted molar refractivity (Wildman–Crippen MR) is 133 cm³/mol. The van der Waals surface area contributed by atoms with E-state index in [9.17, 15) is 9.59 Å². The summed E-state index contributed by atoms with van der Waals surface area (Å²) in [6, 6.07) is 29.9. The van der Waals surface area contributed by atoms with Crippen molar-refractivity contribution in [2.45, 2.75) is 0 Å². The Morgan fingerprint density at radius 1 is 0.647 bits per heavy atom. The third-order valence-corrected chi connectivity index (χ3v) is 4.96. The van der Waals surface area contributed by atoms with Crippen molar-refractivity contribution in [3.8, 4) is 17.2 Å². The van der Waals surface area contributed by atoms with Gasteiger partial charge in [0.05, 0.1) is 0 Å². The minimum atomic E-state index is -0.304. The Labute approximate surface area is 202 Å². The summed E-state index contributed by atoms with van der Waals surface area (Å²) >= 11 is 5.85. The molecule has 0 radical (unpaired) electrons. The van der Waals surface area contributed by atoms with Crippen LogP contribution in [-0.2, 0) is 4.79 Å². The number of carbonyl (C=O) groups is 2. The zero-order valence-corrected chi connectivity index (χ0v) is 18.8. The molecule has 0 unspecified atom stereocenters. The van der Waals surface area contributed by atoms with Crippen LogP contribution in [0.15, 0.2) is 103 Å². The van der Waals surface area contributed by atoms with Gasteiger partial charge in [0.25, 0.3) is 11.8 Å². The SMILES string of the molecule is O=C(COc1ccc(C(=O)Nc2ccc(Cl)cc2)cc1)Nc1ccc(Oc2ccccc2)cc1. The van der Waals surface area contributed by atoms with Gasteiger partial charge in [-0.1, -0.05) is 29.8 Å². The van der Waals surface area contributed by atoms with Crippen molar-refractivity contribution < 1.29 is 19.1 Å². The largest absolute Gasteiger partial charge is 0.484 e. The van der Waals surface area contributed by atoms with Crippen LogP contribution in [0.1, 0.15) is 10.4 Å². The predicted octanol–water partition coefficient (Wildman–Crippen LogP) is 6.40. The molecule has 2 N–H and O–H groups in total. The molecule has 0 aliphatic rings. The van der Waals surface area contributed by atoms with Gasteiger partial charge in [-0.2, -0.15) is 0 Å². The number of hydrogen-bond donors (Lipinski definition) is 2. The molecule has 0 aromatic heterocycles. The second-order valence-corrected chi connectivity index (χ2v) is 7.70. The number of hydrogen-bond acceptors (Lipinski definition) is 4. The standard InChI is InChI=1S/C27H21ClN2O4/c28-20-8-10-22(11-9-20)30-27(32)19-6-14-23(15-7-19)33-18-26(31)29-21-12-16-25(17-13-21)34-24-4-2-1-3-5-24/h1-17H,18H2,(H,29,31)(H,30,32). The second kappa shape index (κ2) is 11.0. The van der Waals surface area contributed by atoms with Crippen LogP contribution in [0.2, 0.25) is 5.02 Å². The summed E-state index contributed by atoms with van der Waals surface area (Å²) in [5, 5.41) is 6.15. The Kier molecular flexibility index (Phi) is 7.42. The minimum absolute atomic E-state index is 0.168. The van der Waals surface area contributed by atoms with Crippen LogP contribution in [0.4, 0.5) is 11.4 Å². The highest BCUT2D eigenvalue weighted by atomic mass is 35.5. The van der Waals surface area contributed by atoms with E-state index in [0.717, 1.165) is 5.75 Å². The highest BCUT2D eigenvalue weighted by molar-refractivity contribution is 6.30. The monoisotopic (exact) mass is 472 g/mol. The molecule has 0 bridgehead atoms. The Balaban J connectivity index is 1.24. The number of ether oxygens (including phenoxy) is 2. The number of benzene rings is 4. The van der Waals surface area contributed by atoms with Crippen molar-refractivity contribution in [3.63, 3.8) is 0 Å². The third kappa shape index (κ3) is 6.60. The summed E-state index contributed by atoms with van der Waals surface area (Å²) in [4.78, 5) is 24.6. The molecule has 2 amide bonds. The van der Waals surface area contributed by atoms with Gasteiger partial charge in [0.2, 0.25) is 0 Å². The molecular weight excluding hydrogens is 452 g/mol. The van der Waals surface area contributed by atoms with Gasteiger partial charge in [-0.05, 0) is 84.9 Å². The van der Waals surface area contributed by atoms with Crippen molar-refractivity contribution in [2.75, 3.05) is 17.2 Å². The maximum absolute atomic E-state index is 12.3. The van der Waals surface area contributed by atoms with Gasteiger partial charge in [0, 0.05) is 22.0 Å². The average Bonchev–Trinajstić information content (AvgIpc) is 2.86. The van der Waals surface area contributed by atoms with Crippen LogP contribution in [-0.4, -0.2) is 18.4 Å². The first-order chi connectivity index (χ1) is 16.5. The highest BCUT2D eigenvalue weighted by Crippen LogP contribution is 2.23. The minimum Gasteiger partial charge on any atom is -0.484 e. The first-order valence-corrected chi connectivity index (χ1v) is 10.9. The molecule has 4 rings (SSSR count). The van der Waals surface area contributed by atoms with E-state index in [-0.39, 0.29) is 18.4 Å². The Hall–Kier alpha value is -4.29. The van der Waals surface area contributed by atoms with E-state index in [1.54, 1.807) is 72.8 Å². The van der Waals surface area contributed by atoms with Crippen molar-refractivity contribution >= 4 is 34.8 Å². The average molecular weight is 473 g/mol. The van der Waals surface area contributed by atoms with Gasteiger partial charge < -0.3 is 20.1 Å². The van der Waals surface area contributed by atoms with Gasteiger partial charge >= 0.3 is 0 Å². The van der Waals surface area contributed by atoms with Gasteiger partial charge in [-0.25, -0.2) is 0 Å². The maximum Gasteiger partial charge on any atom is 0.262 e. The van der Waals surface area contributed by atoms with Crippen molar-refractivity contribution in [3.05, 3.63) is 114 Å². The van der Waals surface area contributed by atoms with Gasteiger partial charge in [-0.3, -0.25) is 9.59 Å². The van der Waals surface area contributed by atoms with E-state index in [4.69, 9.17) is 21.1 Å². The van der Waals surface area contributed by atoms with E-state index in [0.29, 0.717) is 33.5 Å². The van der Waals surface area contributed by atoms with E-state index in [1.807, 2.05) is 30.3 Å². The molecule has 0 atom stereocenters. The summed E-state index contributed by atoms with van der Waals surface area (Å²) in [7, 11) is 0. The molecule has 0 saturated heterocycles. The second-order valence-electron chi connectivity index (χ2n) is 7.26. The molecule has 0 aliphatic heterocycles. The molecule has 0 aliphatic carbocycles. The van der Waals surface area contributed by atoms with Crippen LogP contribution in [0.5, 0.6) is 17.2 Å². The summed E-state index contributed by atoms with van der Waals surface area (Å²) in [6.45, 7) is -0.168. The molecule has 4 aromatic rings. The number of halogens is 1. The van der Waals surface area contributed by atoms with E-state index < -0.39 is 0 Å². The van der Waals surface area contributed by atoms with Gasteiger partial charge in [0.15, 0.2) is 6.61 Å². The van der Waals surface area contributed by atoms with E-state index in [1.165, 1.54) is 0 Å². The lowest BCUT2D eigenvalue weighted by atomic mass is 10.2. The fourth-order valence-electron chi connectivity index (χ4n) is 3.02. The first kappa shape index (κ1) is 22.9. The number of carbonyl (C=O) groups excluding carboxylic acids is 2. The maximum atomic E-state index is 12.3. The topological polar surface area (TPSA) is 76.7 Å². The lowest BCUT2D eigenvalue weighted by Gasteiger charge is -2.10. The molecule has 0 heterocycles. The molecule has 4 aromatic carbocycles. The first-order valence-electron chi connectivity index (χ1n) is 10.5. The number of para-hydroxylation sites is 1. The van der Waals surface area contributed by atoms with Crippen molar-refractivity contribution in [1.82, 2.24) is 0 Å². The lowest BCUT2D eigenvalue weighted by Crippen LogP contribution is -2.20. The Morgan fingerprint density at radius 2 is 1.21 bits per heavy atom. The zero-order chi connectivity index (χ0) is 23.8. The van der Waals surface area contributed by atoms with Crippen molar-refractivity contribution in [2.24, 2.45) is 0 Å². The van der Waals surface area contributed by atoms with E-state index >= 15 is 0 Å². The Morgan fingerprint density at radius 3 is 1.88 bits per heavy atom. The van der Waals surface area contributed by atoms with Crippen LogP contribution in [0.25, 0.3) is 0 Å². The summed E-state index contributed by atoms with van der Waals surface area (Å²) in [5.41, 5.74) is 1.74. The summed E-state index contributed by atoms with van der Waals surface area (Å²) < 4.78 is 11.3. The van der Waals surface area contributed by atoms with Gasteiger partial charge in [-0.15, -0.1) is 0 Å². The fourth-order valence-corrected chi connectivity index (χ4v) is 3.14. The Bertz CT molecular complexity index is 1240. The molecule has 6 nitrogen and oxygen atoms in total. The third-order valence-electron chi connectivity index (χ3n) is 4.71. The molecule has 0 fully saturated rings. The molecule has 0 saturated carbocycles. The van der Waals surface area contributed by atoms with Gasteiger partial charge in [0.1, 0.15) is 17.2 Å². The van der Waals surface area contributed by atoms with E-state index in [2.05, 4.69) is 10.6 Å². The zero-order valence-electron chi connectivity index (χ0n) is 18.0. The van der Waals surface area contributed by atoms with Crippen molar-refractivity contribution in [1.29, 1.82) is 0 Å². The lowest BCUT2D eigenvalue weighted by molar-refractivity contribution is -0.118. The smallest absolute Gasteiger partial charge is 0.262 e. The highest BCUT2D eigenvalue weighted by Gasteiger charge is 2.08. The van der Waals surface area contributed by atoms with Crippen LogP contribution >= 0.6 is 11.6 Å². The number of nitrogens with one attached hydrogen (secondary N) is 2. The molecule has 170 valence electrons. The number of amides is 2. The molecule has 7 heteroatoms. The summed E-state index contributed by atoms with van der Waals surface area (Å²) in [6.07, 6.45) is 0. The van der Waals surface area contributed by atoms with Crippen LogP contribution in [0.3, 0.4) is 0 Å². The quantitative estimate of drug-likeness (QED) is 0.311. The van der Waals surface area contributed by atoms with Crippen LogP contribution in [0, 0.1) is 0 Å². The summed E-state index contributed by atoms with van der Waals surface area (Å²) in [5.74, 6) is 1.32. The molecule has 34 heavy (non-hydrogen) atoms. The fraction of sp³-hybridized carbons (Fsp3) is 0.0370. The normalized spacial score (nSPS) is 10.3. The number of anilines is 2. The molecule has 0 spiro atoms. The van der Waals surface area contributed by atoms with Crippen LogP contribution < -0.4 is 20.1 Å². The number of rotatable bonds is 8. The molecular formula is C27H21ClN2O4.